The van der Waals surface area contributed by atoms with Crippen LogP contribution in [0, 0.1) is 0 Å². The Morgan fingerprint density at radius 2 is 0.850 bits per heavy atom. The van der Waals surface area contributed by atoms with Crippen molar-refractivity contribution >= 4 is 48.6 Å². The van der Waals surface area contributed by atoms with Gasteiger partial charge in [-0.25, -0.2) is 0 Å². The highest BCUT2D eigenvalue weighted by atomic mass is 14.8. The molecule has 6 rings (SSSR count). The molecule has 0 aliphatic rings. The quantitative estimate of drug-likeness (QED) is 0.279. The van der Waals surface area contributed by atoms with E-state index >= 15 is 0 Å². The second kappa shape index (κ2) is 2.75. The third-order valence-electron chi connectivity index (χ3n) is 4.79. The number of aromatic nitrogens is 1. The zero-order valence-corrected chi connectivity index (χ0v) is 10.7. The van der Waals surface area contributed by atoms with Crippen molar-refractivity contribution in [3.63, 3.8) is 0 Å². The molecule has 0 aliphatic heterocycles. The first-order chi connectivity index (χ1) is 9.92. The number of pyridine rings is 2. The minimum atomic E-state index is 1.34. The van der Waals surface area contributed by atoms with Gasteiger partial charge in [-0.3, -0.25) is 0 Å². The summed E-state index contributed by atoms with van der Waals surface area (Å²) in [7, 11) is 0. The molecule has 2 aromatic heterocycles. The van der Waals surface area contributed by atoms with Gasteiger partial charge in [-0.15, -0.1) is 0 Å². The molecular weight excluding hydrogens is 242 g/mol. The molecule has 20 heavy (non-hydrogen) atoms. The highest BCUT2D eigenvalue weighted by Gasteiger charge is 2.23. The Bertz CT molecular complexity index is 930. The summed E-state index contributed by atoms with van der Waals surface area (Å²) in [5.74, 6) is 0. The van der Waals surface area contributed by atoms with Gasteiger partial charge in [0.2, 0.25) is 5.52 Å². The number of benzene rings is 3. The molecule has 0 N–H and O–H groups in total. The first-order valence-electron chi connectivity index (χ1n) is 6.97. The van der Waals surface area contributed by atoms with Gasteiger partial charge in [0.1, 0.15) is 0 Å². The summed E-state index contributed by atoms with van der Waals surface area (Å²) in [4.78, 5) is 0. The number of rotatable bonds is 0. The molecule has 0 aliphatic carbocycles. The number of hydrogen-bond donors (Lipinski definition) is 0. The van der Waals surface area contributed by atoms with E-state index in [4.69, 9.17) is 0 Å². The SMILES string of the molecule is c1cc2ccc3cc[n+]4ccc5ccc1c1c2c3c4c51. The van der Waals surface area contributed by atoms with Crippen molar-refractivity contribution in [3.05, 3.63) is 60.9 Å². The van der Waals surface area contributed by atoms with E-state index in [1.807, 2.05) is 0 Å². The van der Waals surface area contributed by atoms with Gasteiger partial charge >= 0.3 is 0 Å². The second-order valence-corrected chi connectivity index (χ2v) is 5.71. The second-order valence-electron chi connectivity index (χ2n) is 5.71. The molecule has 6 aromatic rings. The van der Waals surface area contributed by atoms with Gasteiger partial charge in [-0.05, 0) is 21.5 Å². The monoisotopic (exact) mass is 252 g/mol. The third kappa shape index (κ3) is 0.810. The van der Waals surface area contributed by atoms with Crippen molar-refractivity contribution in [3.8, 4) is 0 Å². The predicted octanol–water partition coefficient (Wildman–Crippen LogP) is 4.35. The van der Waals surface area contributed by atoms with E-state index < -0.39 is 0 Å². The molecule has 0 spiro atoms. The van der Waals surface area contributed by atoms with Crippen molar-refractivity contribution in [2.24, 2.45) is 0 Å². The molecule has 0 saturated heterocycles. The first-order valence-corrected chi connectivity index (χ1v) is 6.97. The van der Waals surface area contributed by atoms with Gasteiger partial charge in [0, 0.05) is 22.9 Å². The maximum atomic E-state index is 2.27. The van der Waals surface area contributed by atoms with Gasteiger partial charge in [-0.2, -0.15) is 4.40 Å². The summed E-state index contributed by atoms with van der Waals surface area (Å²) in [5, 5.41) is 11.1. The van der Waals surface area contributed by atoms with E-state index in [0.717, 1.165) is 0 Å². The Kier molecular flexibility index (Phi) is 1.28. The number of nitrogens with zero attached hydrogens (tertiary/aromatic N) is 1. The van der Waals surface area contributed by atoms with Gasteiger partial charge < -0.3 is 0 Å². The van der Waals surface area contributed by atoms with Gasteiger partial charge in [0.15, 0.2) is 12.4 Å². The minimum absolute atomic E-state index is 1.34. The van der Waals surface area contributed by atoms with E-state index in [1.165, 1.54) is 48.6 Å². The van der Waals surface area contributed by atoms with Crippen LogP contribution >= 0.6 is 0 Å². The van der Waals surface area contributed by atoms with Gasteiger partial charge in [0.05, 0.1) is 10.8 Å². The average Bonchev–Trinajstić information content (AvgIpc) is 2.88. The maximum Gasteiger partial charge on any atom is 0.227 e. The highest BCUT2D eigenvalue weighted by molar-refractivity contribution is 6.39. The van der Waals surface area contributed by atoms with Gasteiger partial charge in [-0.1, -0.05) is 36.4 Å². The zero-order chi connectivity index (χ0) is 12.8. The van der Waals surface area contributed by atoms with Crippen LogP contribution in [-0.4, -0.2) is 0 Å². The van der Waals surface area contributed by atoms with Crippen molar-refractivity contribution in [1.29, 1.82) is 0 Å². The summed E-state index contributed by atoms with van der Waals surface area (Å²) < 4.78 is 2.27. The molecule has 0 amide bonds. The molecule has 0 saturated carbocycles. The molecule has 0 bridgehead atoms. The smallest absolute Gasteiger partial charge is 0.166 e. The van der Waals surface area contributed by atoms with Crippen LogP contribution < -0.4 is 4.40 Å². The largest absolute Gasteiger partial charge is 0.227 e. The van der Waals surface area contributed by atoms with Crippen LogP contribution in [0.25, 0.3) is 48.6 Å². The normalized spacial score (nSPS) is 13.0. The fourth-order valence-corrected chi connectivity index (χ4v) is 3.96. The standard InChI is InChI=1S/C19H10N/c1-2-12-4-6-14-8-10-20-9-7-13-5-3-11(1)15-16(12)18(14)19(20)17(13)15/h1-10H/q+1. The molecule has 2 heterocycles. The van der Waals surface area contributed by atoms with Crippen molar-refractivity contribution in [2.75, 3.05) is 0 Å². The average molecular weight is 252 g/mol. The molecule has 0 unspecified atom stereocenters. The van der Waals surface area contributed by atoms with Crippen LogP contribution in [0.2, 0.25) is 0 Å². The molecule has 1 nitrogen and oxygen atoms in total. The lowest BCUT2D eigenvalue weighted by Crippen LogP contribution is -2.19. The summed E-state index contributed by atoms with van der Waals surface area (Å²) >= 11 is 0. The van der Waals surface area contributed by atoms with E-state index in [2.05, 4.69) is 65.3 Å². The Balaban J connectivity index is 2.27. The van der Waals surface area contributed by atoms with Crippen LogP contribution in [-0.2, 0) is 0 Å². The zero-order valence-electron chi connectivity index (χ0n) is 10.7. The topological polar surface area (TPSA) is 4.10 Å². The molecule has 0 fully saturated rings. The Labute approximate surface area is 114 Å². The fraction of sp³-hybridized carbons (Fsp3) is 0. The fourth-order valence-electron chi connectivity index (χ4n) is 3.96. The van der Waals surface area contributed by atoms with Crippen molar-refractivity contribution < 1.29 is 4.40 Å². The van der Waals surface area contributed by atoms with E-state index in [-0.39, 0.29) is 0 Å². The molecule has 1 heteroatoms. The summed E-state index contributed by atoms with van der Waals surface area (Å²) in [6.45, 7) is 0. The highest BCUT2D eigenvalue weighted by Crippen LogP contribution is 2.43. The van der Waals surface area contributed by atoms with Crippen molar-refractivity contribution in [1.82, 2.24) is 0 Å². The van der Waals surface area contributed by atoms with Crippen LogP contribution in [0.4, 0.5) is 0 Å². The van der Waals surface area contributed by atoms with Gasteiger partial charge in [0.25, 0.3) is 0 Å². The maximum absolute atomic E-state index is 2.27. The minimum Gasteiger partial charge on any atom is -0.166 e. The summed E-state index contributed by atoms with van der Waals surface area (Å²) in [6.07, 6.45) is 4.35. The predicted molar refractivity (Wildman–Crippen MR) is 83.2 cm³/mol. The Morgan fingerprint density at radius 3 is 1.30 bits per heavy atom. The molecule has 0 radical (unpaired) electrons. The van der Waals surface area contributed by atoms with Crippen LogP contribution in [0.1, 0.15) is 0 Å². The van der Waals surface area contributed by atoms with E-state index in [9.17, 15) is 0 Å². The summed E-state index contributed by atoms with van der Waals surface area (Å²) in [6, 6.07) is 17.9. The van der Waals surface area contributed by atoms with Crippen molar-refractivity contribution in [2.45, 2.75) is 0 Å². The Hall–Kier alpha value is -2.67. The lowest BCUT2D eigenvalue weighted by Gasteiger charge is -2.02. The first kappa shape index (κ1) is 9.27. The Morgan fingerprint density at radius 1 is 0.450 bits per heavy atom. The molecular formula is C19H10N+. The summed E-state index contributed by atoms with van der Waals surface area (Å²) in [5.41, 5.74) is 1.37. The van der Waals surface area contributed by atoms with E-state index in [0.29, 0.717) is 0 Å². The lowest BCUT2D eigenvalue weighted by atomic mass is 10.00. The number of hydrogen-bond acceptors (Lipinski definition) is 0. The molecule has 90 valence electrons. The third-order valence-corrected chi connectivity index (χ3v) is 4.79. The van der Waals surface area contributed by atoms with Crippen LogP contribution in [0.15, 0.2) is 60.9 Å². The molecule has 4 aromatic carbocycles. The van der Waals surface area contributed by atoms with E-state index in [1.54, 1.807) is 0 Å². The van der Waals surface area contributed by atoms with Crippen LogP contribution in [0.3, 0.4) is 0 Å². The lowest BCUT2D eigenvalue weighted by molar-refractivity contribution is -0.509. The molecule has 0 atom stereocenters. The van der Waals surface area contributed by atoms with Crippen LogP contribution in [0.5, 0.6) is 0 Å².